The fourth-order valence-corrected chi connectivity index (χ4v) is 3.48. The number of nitro benzene ring substituents is 2. The molecule has 214 valence electrons. The van der Waals surface area contributed by atoms with Crippen LogP contribution in [0.2, 0.25) is 0 Å². The molecule has 2 aromatic carbocycles. The number of anilines is 2. The predicted octanol–water partition coefficient (Wildman–Crippen LogP) is 4.77. The molecule has 0 saturated heterocycles. The number of carboxylic acid groups (broad SMARTS) is 1. The number of benzene rings is 2. The van der Waals surface area contributed by atoms with Crippen LogP contribution in [0.15, 0.2) is 24.3 Å². The van der Waals surface area contributed by atoms with E-state index in [-0.39, 0.29) is 39.7 Å². The zero-order valence-corrected chi connectivity index (χ0v) is 22.8. The lowest BCUT2D eigenvalue weighted by Gasteiger charge is -2.12. The van der Waals surface area contributed by atoms with Gasteiger partial charge in [-0.3, -0.25) is 20.2 Å². The number of nitrogens with zero attached hydrogens (tertiary/aromatic N) is 2. The first-order chi connectivity index (χ1) is 18.6. The van der Waals surface area contributed by atoms with Crippen molar-refractivity contribution < 1.29 is 38.8 Å². The van der Waals surface area contributed by atoms with Gasteiger partial charge in [-0.05, 0) is 37.1 Å². The average Bonchev–Trinajstić information content (AvgIpc) is 2.91. The van der Waals surface area contributed by atoms with E-state index in [9.17, 15) is 29.8 Å². The monoisotopic (exact) mass is 590 g/mol. The van der Waals surface area contributed by atoms with Gasteiger partial charge in [0.1, 0.15) is 11.4 Å². The fourth-order valence-electron chi connectivity index (χ4n) is 3.21. The summed E-state index contributed by atoms with van der Waals surface area (Å²) in [6.45, 7) is 0.722. The molecule has 0 amide bonds. The number of esters is 1. The van der Waals surface area contributed by atoms with Gasteiger partial charge >= 0.3 is 23.3 Å². The van der Waals surface area contributed by atoms with Crippen molar-refractivity contribution in [2.24, 2.45) is 0 Å². The molecule has 0 fully saturated rings. The van der Waals surface area contributed by atoms with E-state index in [1.54, 1.807) is 0 Å². The van der Waals surface area contributed by atoms with E-state index >= 15 is 0 Å². The number of nitro groups is 2. The van der Waals surface area contributed by atoms with Crippen LogP contribution >= 0.6 is 23.2 Å². The molecule has 2 aromatic rings. The normalized spacial score (nSPS) is 9.97. The quantitative estimate of drug-likeness (QED) is 0.0897. The second kappa shape index (κ2) is 16.7. The standard InChI is InChI=1S/C12H15ClN2O5.C11H13ClN2O5/c1-19-9-5-4-8(12(16)20-2)10(11(9)15(17)18)14-7-3-6-13;1-19-8-4-3-7(11(15)16)9(10(8)14(17)18)13-6-2-5-12/h4-5,14H,3,6-7H2,1-2H3;3-4,13H,2,5-6H2,1H3,(H,15,16). The molecule has 0 bridgehead atoms. The van der Waals surface area contributed by atoms with E-state index in [0.717, 1.165) is 0 Å². The molecular formula is C23H28Cl2N4O10. The number of nitrogens with one attached hydrogen (secondary N) is 2. The van der Waals surface area contributed by atoms with Gasteiger partial charge in [0, 0.05) is 24.8 Å². The van der Waals surface area contributed by atoms with Gasteiger partial charge in [-0.2, -0.15) is 0 Å². The minimum atomic E-state index is -1.25. The van der Waals surface area contributed by atoms with Gasteiger partial charge < -0.3 is 30.0 Å². The van der Waals surface area contributed by atoms with Crippen molar-refractivity contribution in [2.45, 2.75) is 12.8 Å². The third-order valence-electron chi connectivity index (χ3n) is 4.95. The first kappa shape index (κ1) is 33.0. The summed E-state index contributed by atoms with van der Waals surface area (Å²) >= 11 is 11.1. The molecule has 16 heteroatoms. The van der Waals surface area contributed by atoms with E-state index in [1.165, 1.54) is 45.6 Å². The highest BCUT2D eigenvalue weighted by Crippen LogP contribution is 2.38. The first-order valence-corrected chi connectivity index (χ1v) is 12.3. The summed E-state index contributed by atoms with van der Waals surface area (Å²) in [6.07, 6.45) is 1.14. The highest BCUT2D eigenvalue weighted by atomic mass is 35.5. The van der Waals surface area contributed by atoms with Crippen LogP contribution in [-0.2, 0) is 4.74 Å². The van der Waals surface area contributed by atoms with Crippen LogP contribution < -0.4 is 20.1 Å². The molecule has 0 atom stereocenters. The average molecular weight is 591 g/mol. The Morgan fingerprint density at radius 1 is 0.821 bits per heavy atom. The lowest BCUT2D eigenvalue weighted by molar-refractivity contribution is -0.385. The zero-order valence-electron chi connectivity index (χ0n) is 21.3. The number of carbonyl (C=O) groups is 2. The van der Waals surface area contributed by atoms with Gasteiger partial charge in [0.05, 0.1) is 42.3 Å². The molecule has 0 unspecified atom stereocenters. The molecule has 39 heavy (non-hydrogen) atoms. The van der Waals surface area contributed by atoms with Gasteiger partial charge in [-0.15, -0.1) is 23.2 Å². The van der Waals surface area contributed by atoms with E-state index < -0.39 is 27.5 Å². The smallest absolute Gasteiger partial charge is 0.340 e. The van der Waals surface area contributed by atoms with E-state index in [2.05, 4.69) is 15.4 Å². The molecule has 0 radical (unpaired) electrons. The van der Waals surface area contributed by atoms with Crippen LogP contribution in [0.25, 0.3) is 0 Å². The van der Waals surface area contributed by atoms with Gasteiger partial charge in [0.2, 0.25) is 0 Å². The topological polar surface area (TPSA) is 192 Å². The SMILES string of the molecule is COC(=O)c1ccc(OC)c([N+](=O)[O-])c1NCCCCl.COc1ccc(C(=O)O)c(NCCCCl)c1[N+](=O)[O-]. The lowest BCUT2D eigenvalue weighted by Crippen LogP contribution is -2.12. The van der Waals surface area contributed by atoms with Gasteiger partial charge in [0.15, 0.2) is 11.5 Å². The number of aromatic carboxylic acids is 1. The zero-order chi connectivity index (χ0) is 29.5. The molecule has 0 saturated carbocycles. The Bertz CT molecular complexity index is 1180. The van der Waals surface area contributed by atoms with Crippen molar-refractivity contribution in [3.05, 3.63) is 55.6 Å². The van der Waals surface area contributed by atoms with Crippen LogP contribution in [0.1, 0.15) is 33.6 Å². The maximum absolute atomic E-state index is 11.7. The summed E-state index contributed by atoms with van der Waals surface area (Å²) in [5.41, 5.74) is -0.785. The molecule has 0 aliphatic carbocycles. The highest BCUT2D eigenvalue weighted by Gasteiger charge is 2.28. The largest absolute Gasteiger partial charge is 0.490 e. The van der Waals surface area contributed by atoms with Crippen molar-refractivity contribution in [3.8, 4) is 11.5 Å². The number of hydrogen-bond donors (Lipinski definition) is 3. The molecule has 0 aromatic heterocycles. The number of rotatable bonds is 14. The Morgan fingerprint density at radius 3 is 1.56 bits per heavy atom. The number of hydrogen-bond acceptors (Lipinski definition) is 11. The van der Waals surface area contributed by atoms with E-state index in [0.29, 0.717) is 37.7 Å². The summed E-state index contributed by atoms with van der Waals surface area (Å²) in [5, 5.41) is 36.9. The minimum Gasteiger partial charge on any atom is -0.490 e. The Hall–Kier alpha value is -4.04. The summed E-state index contributed by atoms with van der Waals surface area (Å²) in [7, 11) is 3.81. The number of halogens is 2. The molecule has 2 rings (SSSR count). The van der Waals surface area contributed by atoms with Crippen LogP contribution in [-0.4, -0.2) is 73.1 Å². The van der Waals surface area contributed by atoms with E-state index in [4.69, 9.17) is 37.8 Å². The number of carbonyl (C=O) groups excluding carboxylic acids is 1. The van der Waals surface area contributed by atoms with Crippen LogP contribution in [0.4, 0.5) is 22.7 Å². The molecule has 0 aliphatic heterocycles. The molecule has 0 spiro atoms. The Balaban J connectivity index is 0.000000391. The van der Waals surface area contributed by atoms with Crippen molar-refractivity contribution in [2.75, 3.05) is 56.8 Å². The molecule has 3 N–H and O–H groups in total. The van der Waals surface area contributed by atoms with Gasteiger partial charge in [0.25, 0.3) is 0 Å². The summed E-state index contributed by atoms with van der Waals surface area (Å²) in [5.74, 6) is -1.08. The Morgan fingerprint density at radius 2 is 1.23 bits per heavy atom. The second-order valence-electron chi connectivity index (χ2n) is 7.33. The van der Waals surface area contributed by atoms with Crippen molar-refractivity contribution >= 4 is 57.9 Å². The van der Waals surface area contributed by atoms with Crippen LogP contribution in [0, 0.1) is 20.2 Å². The third kappa shape index (κ3) is 9.04. The predicted molar refractivity (Wildman–Crippen MR) is 145 cm³/mol. The van der Waals surface area contributed by atoms with Gasteiger partial charge in [-0.25, -0.2) is 9.59 Å². The Kier molecular flexibility index (Phi) is 14.2. The third-order valence-corrected chi connectivity index (χ3v) is 5.48. The summed E-state index contributed by atoms with van der Waals surface area (Å²) in [4.78, 5) is 43.8. The van der Waals surface area contributed by atoms with Crippen LogP contribution in [0.5, 0.6) is 11.5 Å². The fraction of sp³-hybridized carbons (Fsp3) is 0.391. The van der Waals surface area contributed by atoms with Crippen molar-refractivity contribution in [1.29, 1.82) is 0 Å². The number of carboxylic acids is 1. The molecular weight excluding hydrogens is 563 g/mol. The van der Waals surface area contributed by atoms with E-state index in [1.807, 2.05) is 0 Å². The first-order valence-electron chi connectivity index (χ1n) is 11.2. The minimum absolute atomic E-state index is 0.00312. The molecule has 14 nitrogen and oxygen atoms in total. The number of alkyl halides is 2. The van der Waals surface area contributed by atoms with Crippen molar-refractivity contribution in [3.63, 3.8) is 0 Å². The maximum atomic E-state index is 11.7. The second-order valence-corrected chi connectivity index (χ2v) is 8.08. The number of ether oxygens (including phenoxy) is 3. The maximum Gasteiger partial charge on any atom is 0.340 e. The van der Waals surface area contributed by atoms with Gasteiger partial charge in [-0.1, -0.05) is 0 Å². The van der Waals surface area contributed by atoms with Crippen LogP contribution in [0.3, 0.4) is 0 Å². The Labute approximate surface area is 233 Å². The lowest BCUT2D eigenvalue weighted by atomic mass is 10.1. The summed E-state index contributed by atoms with van der Waals surface area (Å²) < 4.78 is 14.5. The molecule has 0 heterocycles. The van der Waals surface area contributed by atoms with Crippen molar-refractivity contribution in [1.82, 2.24) is 0 Å². The summed E-state index contributed by atoms with van der Waals surface area (Å²) in [6, 6.07) is 5.29. The number of methoxy groups -OCH3 is 3. The highest BCUT2D eigenvalue weighted by molar-refractivity contribution is 6.18. The molecule has 0 aliphatic rings.